The van der Waals surface area contributed by atoms with Gasteiger partial charge in [0.1, 0.15) is 5.78 Å². The molecular formula is C21H22N4O3. The molecule has 144 valence electrons. The predicted molar refractivity (Wildman–Crippen MR) is 103 cm³/mol. The fourth-order valence-corrected chi connectivity index (χ4v) is 4.08. The standard InChI is InChI=1S/C21H22N4O3/c26-20(15-7-18(8-15)25-1-3-27-4-2-25)9-17-6-14-5-16(21-12-22-13-28-21)10-24-19(14)11-23-17/h5-6,10-13,15,18H,1-4,7-9H2. The van der Waals surface area contributed by atoms with Crippen LogP contribution in [0.3, 0.4) is 0 Å². The molecule has 3 aromatic rings. The van der Waals surface area contributed by atoms with E-state index in [0.29, 0.717) is 18.2 Å². The van der Waals surface area contributed by atoms with Crippen LogP contribution in [0.1, 0.15) is 18.5 Å². The highest BCUT2D eigenvalue weighted by Gasteiger charge is 2.38. The minimum absolute atomic E-state index is 0.156. The maximum Gasteiger partial charge on any atom is 0.181 e. The minimum atomic E-state index is 0.156. The zero-order valence-corrected chi connectivity index (χ0v) is 15.6. The molecule has 7 heteroatoms. The summed E-state index contributed by atoms with van der Waals surface area (Å²) in [7, 11) is 0. The molecule has 0 aromatic carbocycles. The largest absolute Gasteiger partial charge is 0.443 e. The van der Waals surface area contributed by atoms with Crippen molar-refractivity contribution in [1.29, 1.82) is 0 Å². The Morgan fingerprint density at radius 2 is 1.96 bits per heavy atom. The molecule has 0 unspecified atom stereocenters. The van der Waals surface area contributed by atoms with Gasteiger partial charge in [-0.15, -0.1) is 0 Å². The van der Waals surface area contributed by atoms with Crippen molar-refractivity contribution in [3.63, 3.8) is 0 Å². The van der Waals surface area contributed by atoms with Gasteiger partial charge >= 0.3 is 0 Å². The Bertz CT molecular complexity index is 976. The quantitative estimate of drug-likeness (QED) is 0.675. The molecule has 0 N–H and O–H groups in total. The van der Waals surface area contributed by atoms with Gasteiger partial charge in [-0.05, 0) is 25.0 Å². The summed E-state index contributed by atoms with van der Waals surface area (Å²) in [6.45, 7) is 3.58. The molecule has 3 aromatic heterocycles. The third kappa shape index (κ3) is 3.43. The normalized spacial score (nSPS) is 22.9. The second kappa shape index (κ2) is 7.41. The summed E-state index contributed by atoms with van der Waals surface area (Å²) < 4.78 is 10.8. The first-order chi connectivity index (χ1) is 13.8. The average molecular weight is 378 g/mol. The van der Waals surface area contributed by atoms with E-state index in [1.807, 2.05) is 12.1 Å². The van der Waals surface area contributed by atoms with Crippen molar-refractivity contribution in [3.05, 3.63) is 42.8 Å². The fraction of sp³-hybridized carbons (Fsp3) is 0.429. The van der Waals surface area contributed by atoms with Gasteiger partial charge in [-0.2, -0.15) is 0 Å². The Morgan fingerprint density at radius 3 is 2.75 bits per heavy atom. The molecule has 0 amide bonds. The maximum atomic E-state index is 12.7. The molecule has 0 bridgehead atoms. The number of morpholine rings is 1. The number of Topliss-reactive ketones (excluding diaryl/α,β-unsaturated/α-hetero) is 1. The van der Waals surface area contributed by atoms with E-state index in [4.69, 9.17) is 9.15 Å². The van der Waals surface area contributed by atoms with Crippen molar-refractivity contribution in [2.45, 2.75) is 25.3 Å². The zero-order chi connectivity index (χ0) is 18.9. The van der Waals surface area contributed by atoms with Crippen LogP contribution in [0.25, 0.3) is 22.2 Å². The minimum Gasteiger partial charge on any atom is -0.443 e. The van der Waals surface area contributed by atoms with Crippen LogP contribution in [0.2, 0.25) is 0 Å². The van der Waals surface area contributed by atoms with Crippen LogP contribution in [0.4, 0.5) is 0 Å². The summed E-state index contributed by atoms with van der Waals surface area (Å²) in [5, 5.41) is 0.950. The number of rotatable bonds is 5. The van der Waals surface area contributed by atoms with E-state index in [1.54, 1.807) is 18.6 Å². The summed E-state index contributed by atoms with van der Waals surface area (Å²) >= 11 is 0. The molecule has 2 aliphatic rings. The van der Waals surface area contributed by atoms with Gasteiger partial charge < -0.3 is 9.15 Å². The van der Waals surface area contributed by atoms with Crippen molar-refractivity contribution >= 4 is 16.7 Å². The van der Waals surface area contributed by atoms with Crippen LogP contribution in [-0.2, 0) is 16.0 Å². The Labute approximate surface area is 162 Å². The second-order valence-electron chi connectivity index (χ2n) is 7.57. The van der Waals surface area contributed by atoms with Gasteiger partial charge in [0.25, 0.3) is 0 Å². The average Bonchev–Trinajstić information content (AvgIpc) is 3.22. The van der Waals surface area contributed by atoms with Crippen molar-refractivity contribution in [3.8, 4) is 11.3 Å². The molecule has 5 rings (SSSR count). The second-order valence-corrected chi connectivity index (χ2v) is 7.57. The van der Waals surface area contributed by atoms with E-state index < -0.39 is 0 Å². The number of hydrogen-bond donors (Lipinski definition) is 0. The maximum absolute atomic E-state index is 12.7. The molecule has 1 aliphatic heterocycles. The van der Waals surface area contributed by atoms with Crippen LogP contribution < -0.4 is 0 Å². The first kappa shape index (κ1) is 17.5. The van der Waals surface area contributed by atoms with Crippen LogP contribution in [-0.4, -0.2) is 58.0 Å². The number of fused-ring (bicyclic) bond motifs is 1. The van der Waals surface area contributed by atoms with E-state index in [9.17, 15) is 4.79 Å². The van der Waals surface area contributed by atoms with Gasteiger partial charge in [-0.3, -0.25) is 19.7 Å². The lowest BCUT2D eigenvalue weighted by molar-refractivity contribution is -0.127. The van der Waals surface area contributed by atoms with Crippen molar-refractivity contribution in [2.24, 2.45) is 5.92 Å². The number of hydrogen-bond acceptors (Lipinski definition) is 7. The molecular weight excluding hydrogens is 356 g/mol. The Morgan fingerprint density at radius 1 is 1.11 bits per heavy atom. The van der Waals surface area contributed by atoms with Gasteiger partial charge in [0, 0.05) is 54.3 Å². The number of oxazole rings is 1. The molecule has 7 nitrogen and oxygen atoms in total. The topological polar surface area (TPSA) is 81.3 Å². The first-order valence-corrected chi connectivity index (χ1v) is 9.74. The molecule has 1 aliphatic carbocycles. The number of carbonyl (C=O) groups excluding carboxylic acids is 1. The lowest BCUT2D eigenvalue weighted by Crippen LogP contribution is -2.51. The van der Waals surface area contributed by atoms with Gasteiger partial charge in [-0.1, -0.05) is 0 Å². The fourth-order valence-electron chi connectivity index (χ4n) is 4.08. The van der Waals surface area contributed by atoms with Crippen LogP contribution in [0, 0.1) is 5.92 Å². The van der Waals surface area contributed by atoms with Gasteiger partial charge in [0.05, 0.1) is 31.1 Å². The van der Waals surface area contributed by atoms with Crippen molar-refractivity contribution in [1.82, 2.24) is 19.9 Å². The third-order valence-electron chi connectivity index (χ3n) is 5.83. The molecule has 4 heterocycles. The highest BCUT2D eigenvalue weighted by molar-refractivity contribution is 5.86. The molecule has 0 radical (unpaired) electrons. The number of ether oxygens (including phenoxy) is 1. The highest BCUT2D eigenvalue weighted by Crippen LogP contribution is 2.33. The summed E-state index contributed by atoms with van der Waals surface area (Å²) in [6.07, 6.45) is 8.85. The Balaban J connectivity index is 1.25. The van der Waals surface area contributed by atoms with Gasteiger partial charge in [0.15, 0.2) is 12.2 Å². The summed E-state index contributed by atoms with van der Waals surface area (Å²) in [6, 6.07) is 4.49. The summed E-state index contributed by atoms with van der Waals surface area (Å²) in [4.78, 5) is 28.0. The summed E-state index contributed by atoms with van der Waals surface area (Å²) in [5.74, 6) is 1.12. The van der Waals surface area contributed by atoms with E-state index in [-0.39, 0.29) is 11.7 Å². The van der Waals surface area contributed by atoms with E-state index in [2.05, 4.69) is 19.9 Å². The van der Waals surface area contributed by atoms with Gasteiger partial charge in [-0.25, -0.2) is 4.98 Å². The van der Waals surface area contributed by atoms with Crippen LogP contribution in [0.15, 0.2) is 41.5 Å². The molecule has 0 atom stereocenters. The van der Waals surface area contributed by atoms with Crippen LogP contribution >= 0.6 is 0 Å². The molecule has 2 fully saturated rings. The van der Waals surface area contributed by atoms with Crippen molar-refractivity contribution in [2.75, 3.05) is 26.3 Å². The molecule has 1 saturated carbocycles. The third-order valence-corrected chi connectivity index (χ3v) is 5.83. The number of ketones is 1. The first-order valence-electron chi connectivity index (χ1n) is 9.74. The van der Waals surface area contributed by atoms with E-state index in [0.717, 1.165) is 61.3 Å². The summed E-state index contributed by atoms with van der Waals surface area (Å²) in [5.41, 5.74) is 2.46. The lowest BCUT2D eigenvalue weighted by atomic mass is 9.75. The smallest absolute Gasteiger partial charge is 0.181 e. The highest BCUT2D eigenvalue weighted by atomic mass is 16.5. The Hall–Kier alpha value is -2.64. The predicted octanol–water partition coefficient (Wildman–Crippen LogP) is 2.51. The SMILES string of the molecule is O=C(Cc1cc2cc(-c3cnco3)cnc2cn1)C1CC(N2CCOCC2)C1. The van der Waals surface area contributed by atoms with Gasteiger partial charge in [0.2, 0.25) is 0 Å². The van der Waals surface area contributed by atoms with E-state index >= 15 is 0 Å². The zero-order valence-electron chi connectivity index (χ0n) is 15.6. The number of nitrogens with zero attached hydrogens (tertiary/aromatic N) is 4. The number of pyridine rings is 2. The molecule has 1 saturated heterocycles. The molecule has 0 spiro atoms. The Kier molecular flexibility index (Phi) is 4.62. The molecule has 28 heavy (non-hydrogen) atoms. The van der Waals surface area contributed by atoms with Crippen LogP contribution in [0.5, 0.6) is 0 Å². The lowest BCUT2D eigenvalue weighted by Gasteiger charge is -2.43. The number of carbonyl (C=O) groups is 1. The monoisotopic (exact) mass is 378 g/mol. The van der Waals surface area contributed by atoms with Crippen molar-refractivity contribution < 1.29 is 13.9 Å². The van der Waals surface area contributed by atoms with E-state index in [1.165, 1.54) is 6.39 Å². The number of aromatic nitrogens is 3.